The lowest BCUT2D eigenvalue weighted by atomic mass is 9.76. The number of rotatable bonds is 4. The fourth-order valence-electron chi connectivity index (χ4n) is 2.48. The molecule has 0 amide bonds. The van der Waals surface area contributed by atoms with Crippen LogP contribution in [0.4, 0.5) is 0 Å². The largest absolute Gasteiger partial charge is 0.309 e. The van der Waals surface area contributed by atoms with E-state index in [2.05, 4.69) is 35.0 Å². The molecule has 1 heterocycles. The van der Waals surface area contributed by atoms with Gasteiger partial charge in [0.1, 0.15) is 0 Å². The molecule has 0 spiro atoms. The van der Waals surface area contributed by atoms with Crippen molar-refractivity contribution in [2.24, 2.45) is 0 Å². The maximum Gasteiger partial charge on any atom is 0.0408 e. The fourth-order valence-corrected chi connectivity index (χ4v) is 3.33. The van der Waals surface area contributed by atoms with Gasteiger partial charge in [-0.2, -0.15) is 0 Å². The molecule has 0 unspecified atom stereocenters. The van der Waals surface area contributed by atoms with Gasteiger partial charge in [-0.3, -0.25) is 0 Å². The maximum absolute atomic E-state index is 6.02. The Bertz CT molecular complexity index is 503. The minimum atomic E-state index is 0.663. The second-order valence-corrected chi connectivity index (χ2v) is 6.35. The van der Waals surface area contributed by atoms with Gasteiger partial charge in [0.2, 0.25) is 0 Å². The van der Waals surface area contributed by atoms with Crippen LogP contribution in [0.5, 0.6) is 0 Å². The predicted molar refractivity (Wildman–Crippen MR) is 78.4 cm³/mol. The van der Waals surface area contributed by atoms with Gasteiger partial charge in [-0.25, -0.2) is 0 Å². The molecule has 1 saturated carbocycles. The van der Waals surface area contributed by atoms with Crippen LogP contribution in [0, 0.1) is 0 Å². The van der Waals surface area contributed by atoms with E-state index in [1.54, 1.807) is 0 Å². The number of hydrogen-bond acceptors (Lipinski definition) is 2. The third kappa shape index (κ3) is 2.77. The van der Waals surface area contributed by atoms with Crippen molar-refractivity contribution in [1.29, 1.82) is 0 Å². The van der Waals surface area contributed by atoms with Crippen molar-refractivity contribution in [2.45, 2.75) is 31.3 Å². The summed E-state index contributed by atoms with van der Waals surface area (Å²) in [6.07, 6.45) is 2.46. The molecular formula is C15H16ClNS. The summed E-state index contributed by atoms with van der Waals surface area (Å²) in [5, 5.41) is 6.59. The third-order valence-electron chi connectivity index (χ3n) is 3.60. The van der Waals surface area contributed by atoms with Crippen LogP contribution in [0.25, 0.3) is 0 Å². The zero-order valence-corrected chi connectivity index (χ0v) is 11.7. The Balaban J connectivity index is 1.48. The molecule has 0 saturated heterocycles. The van der Waals surface area contributed by atoms with Crippen LogP contribution >= 0.6 is 22.9 Å². The SMILES string of the molecule is Clc1cccc(C2CC(NCc3cccs3)C2)c1. The Morgan fingerprint density at radius 1 is 1.22 bits per heavy atom. The molecule has 1 aromatic heterocycles. The minimum absolute atomic E-state index is 0.663. The molecule has 18 heavy (non-hydrogen) atoms. The molecule has 3 rings (SSSR count). The van der Waals surface area contributed by atoms with Gasteiger partial charge < -0.3 is 5.32 Å². The summed E-state index contributed by atoms with van der Waals surface area (Å²) >= 11 is 7.84. The second-order valence-electron chi connectivity index (χ2n) is 4.88. The molecule has 1 aliphatic carbocycles. The molecule has 0 radical (unpaired) electrons. The van der Waals surface area contributed by atoms with Crippen molar-refractivity contribution in [1.82, 2.24) is 5.32 Å². The molecule has 0 bridgehead atoms. The summed E-state index contributed by atoms with van der Waals surface area (Å²) in [7, 11) is 0. The van der Waals surface area contributed by atoms with Crippen LogP contribution in [0.3, 0.4) is 0 Å². The van der Waals surface area contributed by atoms with Gasteiger partial charge in [0.25, 0.3) is 0 Å². The highest BCUT2D eigenvalue weighted by atomic mass is 35.5. The number of thiophene rings is 1. The van der Waals surface area contributed by atoms with Crippen molar-refractivity contribution < 1.29 is 0 Å². The zero-order valence-electron chi connectivity index (χ0n) is 10.1. The molecule has 0 atom stereocenters. The minimum Gasteiger partial charge on any atom is -0.309 e. The van der Waals surface area contributed by atoms with Gasteiger partial charge in [0, 0.05) is 22.5 Å². The Labute approximate surface area is 117 Å². The fraction of sp³-hybridized carbons (Fsp3) is 0.333. The summed E-state index contributed by atoms with van der Waals surface area (Å²) in [5.41, 5.74) is 1.39. The number of hydrogen-bond donors (Lipinski definition) is 1. The van der Waals surface area contributed by atoms with Crippen LogP contribution in [-0.4, -0.2) is 6.04 Å². The lowest BCUT2D eigenvalue weighted by Crippen LogP contribution is -2.39. The highest BCUT2D eigenvalue weighted by Gasteiger charge is 2.29. The monoisotopic (exact) mass is 277 g/mol. The van der Waals surface area contributed by atoms with Crippen molar-refractivity contribution in [2.75, 3.05) is 0 Å². The van der Waals surface area contributed by atoms with E-state index in [1.807, 2.05) is 23.5 Å². The number of benzene rings is 1. The molecule has 2 aromatic rings. The zero-order chi connectivity index (χ0) is 12.4. The van der Waals surface area contributed by atoms with Crippen molar-refractivity contribution in [3.63, 3.8) is 0 Å². The lowest BCUT2D eigenvalue weighted by molar-refractivity contribution is 0.290. The topological polar surface area (TPSA) is 12.0 Å². The summed E-state index contributed by atoms with van der Waals surface area (Å²) in [4.78, 5) is 1.42. The highest BCUT2D eigenvalue weighted by molar-refractivity contribution is 7.09. The van der Waals surface area contributed by atoms with Gasteiger partial charge >= 0.3 is 0 Å². The van der Waals surface area contributed by atoms with E-state index < -0.39 is 0 Å². The normalized spacial score (nSPS) is 22.7. The molecule has 1 fully saturated rings. The van der Waals surface area contributed by atoms with Gasteiger partial charge in [0.05, 0.1) is 0 Å². The van der Waals surface area contributed by atoms with E-state index in [-0.39, 0.29) is 0 Å². The molecule has 1 aromatic carbocycles. The van der Waals surface area contributed by atoms with E-state index >= 15 is 0 Å². The van der Waals surface area contributed by atoms with E-state index in [0.29, 0.717) is 12.0 Å². The summed E-state index contributed by atoms with van der Waals surface area (Å²) in [6, 6.07) is 13.2. The quantitative estimate of drug-likeness (QED) is 0.871. The number of nitrogens with one attached hydrogen (secondary N) is 1. The molecule has 1 aliphatic rings. The number of halogens is 1. The molecule has 0 aliphatic heterocycles. The van der Waals surface area contributed by atoms with Gasteiger partial charge in [-0.05, 0) is 47.9 Å². The standard InChI is InChI=1S/C15H16ClNS/c16-13-4-1-3-11(7-13)12-8-14(9-12)17-10-15-5-2-6-18-15/h1-7,12,14,17H,8-10H2. The van der Waals surface area contributed by atoms with E-state index in [0.717, 1.165) is 11.6 Å². The molecule has 1 N–H and O–H groups in total. The van der Waals surface area contributed by atoms with Gasteiger partial charge in [-0.15, -0.1) is 11.3 Å². The molecule has 94 valence electrons. The highest BCUT2D eigenvalue weighted by Crippen LogP contribution is 2.37. The molecule has 1 nitrogen and oxygen atoms in total. The van der Waals surface area contributed by atoms with Crippen molar-refractivity contribution in [3.8, 4) is 0 Å². The molecular weight excluding hydrogens is 262 g/mol. The average molecular weight is 278 g/mol. The first-order valence-electron chi connectivity index (χ1n) is 6.32. The Hall–Kier alpha value is -0.830. The molecule has 3 heteroatoms. The first-order chi connectivity index (χ1) is 8.81. The predicted octanol–water partition coefficient (Wildman–Crippen LogP) is 4.44. The Morgan fingerprint density at radius 3 is 2.83 bits per heavy atom. The second kappa shape index (κ2) is 5.43. The van der Waals surface area contributed by atoms with Crippen LogP contribution < -0.4 is 5.32 Å². The van der Waals surface area contributed by atoms with Gasteiger partial charge in [-0.1, -0.05) is 29.8 Å². The van der Waals surface area contributed by atoms with Gasteiger partial charge in [0.15, 0.2) is 0 Å². The summed E-state index contributed by atoms with van der Waals surface area (Å²) < 4.78 is 0. The van der Waals surface area contributed by atoms with E-state index in [9.17, 15) is 0 Å². The van der Waals surface area contributed by atoms with E-state index in [4.69, 9.17) is 11.6 Å². The lowest BCUT2D eigenvalue weighted by Gasteiger charge is -2.36. The smallest absolute Gasteiger partial charge is 0.0408 e. The van der Waals surface area contributed by atoms with Crippen molar-refractivity contribution >= 4 is 22.9 Å². The van der Waals surface area contributed by atoms with E-state index in [1.165, 1.54) is 23.3 Å². The summed E-state index contributed by atoms with van der Waals surface area (Å²) in [6.45, 7) is 1.00. The Morgan fingerprint density at radius 2 is 2.11 bits per heavy atom. The first-order valence-corrected chi connectivity index (χ1v) is 7.58. The maximum atomic E-state index is 6.02. The van der Waals surface area contributed by atoms with Crippen LogP contribution in [-0.2, 0) is 6.54 Å². The van der Waals surface area contributed by atoms with Crippen LogP contribution in [0.2, 0.25) is 5.02 Å². The third-order valence-corrected chi connectivity index (χ3v) is 4.71. The van der Waals surface area contributed by atoms with Crippen LogP contribution in [0.15, 0.2) is 41.8 Å². The first kappa shape index (κ1) is 12.2. The average Bonchev–Trinajstić information content (AvgIpc) is 2.80. The Kier molecular flexibility index (Phi) is 3.69. The summed E-state index contributed by atoms with van der Waals surface area (Å²) in [5.74, 6) is 0.685. The van der Waals surface area contributed by atoms with Crippen LogP contribution in [0.1, 0.15) is 29.2 Å². The van der Waals surface area contributed by atoms with Crippen molar-refractivity contribution in [3.05, 3.63) is 57.2 Å².